The van der Waals surface area contributed by atoms with Crippen LogP contribution >= 0.6 is 0 Å². The summed E-state index contributed by atoms with van der Waals surface area (Å²) in [6, 6.07) is 16.7. The van der Waals surface area contributed by atoms with Crippen molar-refractivity contribution in [2.24, 2.45) is 5.10 Å². The normalized spacial score (nSPS) is 18.7. The molecule has 0 bridgehead atoms. The second-order valence-corrected chi connectivity index (χ2v) is 6.94. The lowest BCUT2D eigenvalue weighted by atomic mass is 10.1. The van der Waals surface area contributed by atoms with Gasteiger partial charge in [0.1, 0.15) is 6.17 Å². The number of aryl methyl sites for hydroxylation is 2. The Hall–Kier alpha value is -2.46. The maximum atomic E-state index is 12.6. The van der Waals surface area contributed by atoms with Crippen molar-refractivity contribution in [3.05, 3.63) is 70.8 Å². The molecule has 1 unspecified atom stereocenters. The Labute approximate surface area is 149 Å². The predicted octanol–water partition coefficient (Wildman–Crippen LogP) is 3.89. The molecule has 2 aromatic rings. The first-order valence-corrected chi connectivity index (χ1v) is 8.71. The number of benzene rings is 2. The van der Waals surface area contributed by atoms with Crippen molar-refractivity contribution in [1.82, 2.24) is 9.91 Å². The van der Waals surface area contributed by atoms with Gasteiger partial charge in [0.05, 0.1) is 12.8 Å². The Morgan fingerprint density at radius 1 is 1.00 bits per heavy atom. The highest BCUT2D eigenvalue weighted by molar-refractivity contribution is 5.84. The van der Waals surface area contributed by atoms with Crippen molar-refractivity contribution in [2.45, 2.75) is 39.9 Å². The molecule has 1 amide bonds. The summed E-state index contributed by atoms with van der Waals surface area (Å²) in [6.45, 7) is 8.74. The molecular weight excluding hydrogens is 310 g/mol. The monoisotopic (exact) mass is 335 g/mol. The van der Waals surface area contributed by atoms with Crippen molar-refractivity contribution >= 4 is 12.1 Å². The van der Waals surface area contributed by atoms with E-state index in [1.54, 1.807) is 11.2 Å². The van der Waals surface area contributed by atoms with Gasteiger partial charge in [-0.2, -0.15) is 5.10 Å². The van der Waals surface area contributed by atoms with Crippen LogP contribution in [0.2, 0.25) is 0 Å². The van der Waals surface area contributed by atoms with Gasteiger partial charge in [-0.05, 0) is 38.8 Å². The van der Waals surface area contributed by atoms with Gasteiger partial charge in [-0.3, -0.25) is 9.69 Å². The molecule has 1 saturated heterocycles. The molecule has 0 N–H and O–H groups in total. The van der Waals surface area contributed by atoms with E-state index in [1.165, 1.54) is 11.1 Å². The van der Waals surface area contributed by atoms with Crippen molar-refractivity contribution in [3.63, 3.8) is 0 Å². The van der Waals surface area contributed by atoms with Crippen LogP contribution in [-0.2, 0) is 4.79 Å². The predicted molar refractivity (Wildman–Crippen MR) is 101 cm³/mol. The van der Waals surface area contributed by atoms with Crippen LogP contribution in [0.25, 0.3) is 0 Å². The summed E-state index contributed by atoms with van der Waals surface area (Å²) in [5, 5.41) is 6.15. The van der Waals surface area contributed by atoms with Gasteiger partial charge in [-0.1, -0.05) is 59.7 Å². The first kappa shape index (κ1) is 17.4. The number of nitrogens with zero attached hydrogens (tertiary/aromatic N) is 3. The summed E-state index contributed by atoms with van der Waals surface area (Å²) >= 11 is 0. The smallest absolute Gasteiger partial charge is 0.258 e. The molecule has 2 aromatic carbocycles. The van der Waals surface area contributed by atoms with Gasteiger partial charge in [0.2, 0.25) is 0 Å². The number of rotatable bonds is 4. The molecule has 0 saturated carbocycles. The van der Waals surface area contributed by atoms with Gasteiger partial charge in [0.25, 0.3) is 5.91 Å². The third-order valence-electron chi connectivity index (χ3n) is 4.57. The van der Waals surface area contributed by atoms with Crippen LogP contribution < -0.4 is 0 Å². The van der Waals surface area contributed by atoms with Crippen LogP contribution in [0.5, 0.6) is 0 Å². The zero-order valence-corrected chi connectivity index (χ0v) is 15.3. The molecule has 1 aliphatic rings. The van der Waals surface area contributed by atoms with Gasteiger partial charge in [0, 0.05) is 6.04 Å². The lowest BCUT2D eigenvalue weighted by molar-refractivity contribution is -0.128. The number of hydrogen-bond donors (Lipinski definition) is 0. The molecule has 0 aromatic heterocycles. The summed E-state index contributed by atoms with van der Waals surface area (Å²) in [4.78, 5) is 14.8. The SMILES string of the molecule is Cc1ccc(C=NN2C(=O)CN(C(C)C)C2c2ccc(C)cc2)cc1. The van der Waals surface area contributed by atoms with E-state index in [9.17, 15) is 4.79 Å². The summed E-state index contributed by atoms with van der Waals surface area (Å²) in [5.41, 5.74) is 4.49. The van der Waals surface area contributed by atoms with E-state index in [0.29, 0.717) is 6.54 Å². The Bertz CT molecular complexity index is 763. The molecule has 4 heteroatoms. The fraction of sp³-hybridized carbons (Fsp3) is 0.333. The van der Waals surface area contributed by atoms with Gasteiger partial charge in [-0.15, -0.1) is 0 Å². The second-order valence-electron chi connectivity index (χ2n) is 6.94. The first-order valence-electron chi connectivity index (χ1n) is 8.71. The maximum Gasteiger partial charge on any atom is 0.258 e. The van der Waals surface area contributed by atoms with E-state index in [4.69, 9.17) is 0 Å². The van der Waals surface area contributed by atoms with Crippen molar-refractivity contribution in [2.75, 3.05) is 6.54 Å². The third kappa shape index (κ3) is 3.80. The first-order chi connectivity index (χ1) is 12.0. The van der Waals surface area contributed by atoms with Gasteiger partial charge >= 0.3 is 0 Å². The maximum absolute atomic E-state index is 12.6. The van der Waals surface area contributed by atoms with Gasteiger partial charge in [0.15, 0.2) is 0 Å². The zero-order chi connectivity index (χ0) is 18.0. The summed E-state index contributed by atoms with van der Waals surface area (Å²) < 4.78 is 0. The van der Waals surface area contributed by atoms with Crippen LogP contribution in [0.1, 0.15) is 42.3 Å². The summed E-state index contributed by atoms with van der Waals surface area (Å²) in [7, 11) is 0. The van der Waals surface area contributed by atoms with Crippen molar-refractivity contribution < 1.29 is 4.79 Å². The van der Waals surface area contributed by atoms with Crippen molar-refractivity contribution in [1.29, 1.82) is 0 Å². The molecular formula is C21H25N3O. The van der Waals surface area contributed by atoms with E-state index in [1.807, 2.05) is 24.3 Å². The van der Waals surface area contributed by atoms with E-state index < -0.39 is 0 Å². The van der Waals surface area contributed by atoms with E-state index >= 15 is 0 Å². The molecule has 0 aliphatic carbocycles. The quantitative estimate of drug-likeness (QED) is 0.795. The number of hydrogen-bond acceptors (Lipinski definition) is 3. The molecule has 1 atom stereocenters. The van der Waals surface area contributed by atoms with Crippen LogP contribution in [-0.4, -0.2) is 34.6 Å². The number of carbonyl (C=O) groups is 1. The van der Waals surface area contributed by atoms with Gasteiger partial charge in [-0.25, -0.2) is 5.01 Å². The minimum absolute atomic E-state index is 0.0302. The Morgan fingerprint density at radius 3 is 2.12 bits per heavy atom. The van der Waals surface area contributed by atoms with Crippen molar-refractivity contribution in [3.8, 4) is 0 Å². The number of carbonyl (C=O) groups excluding carboxylic acids is 1. The topological polar surface area (TPSA) is 35.9 Å². The van der Waals surface area contributed by atoms with E-state index in [0.717, 1.165) is 11.1 Å². The highest BCUT2D eigenvalue weighted by Crippen LogP contribution is 2.32. The zero-order valence-electron chi connectivity index (χ0n) is 15.3. The minimum atomic E-state index is -0.158. The Kier molecular flexibility index (Phi) is 5.00. The highest BCUT2D eigenvalue weighted by Gasteiger charge is 2.40. The Morgan fingerprint density at radius 2 is 1.56 bits per heavy atom. The molecule has 1 heterocycles. The molecule has 0 spiro atoms. The largest absolute Gasteiger partial charge is 0.271 e. The van der Waals surface area contributed by atoms with Crippen LogP contribution in [0.4, 0.5) is 0 Å². The van der Waals surface area contributed by atoms with Gasteiger partial charge < -0.3 is 0 Å². The lowest BCUT2D eigenvalue weighted by Gasteiger charge is -2.30. The molecule has 1 aliphatic heterocycles. The molecule has 3 rings (SSSR count). The number of amides is 1. The average Bonchev–Trinajstić information content (AvgIpc) is 2.92. The standard InChI is InChI=1S/C21H25N3O/c1-15(2)23-14-20(25)24(21(23)19-11-7-17(4)8-12-19)22-13-18-9-5-16(3)6-10-18/h5-13,15,21H,14H2,1-4H3. The molecule has 4 nitrogen and oxygen atoms in total. The van der Waals surface area contributed by atoms with Crippen LogP contribution in [0.3, 0.4) is 0 Å². The van der Waals surface area contributed by atoms with Crippen LogP contribution in [0, 0.1) is 13.8 Å². The Balaban J connectivity index is 1.92. The fourth-order valence-corrected chi connectivity index (χ4v) is 3.04. The molecule has 1 fully saturated rings. The molecule has 130 valence electrons. The summed E-state index contributed by atoms with van der Waals surface area (Å²) in [6.07, 6.45) is 1.61. The molecule has 0 radical (unpaired) electrons. The average molecular weight is 335 g/mol. The third-order valence-corrected chi connectivity index (χ3v) is 4.57. The fourth-order valence-electron chi connectivity index (χ4n) is 3.04. The summed E-state index contributed by atoms with van der Waals surface area (Å²) in [5.74, 6) is 0.0302. The van der Waals surface area contributed by atoms with E-state index in [-0.39, 0.29) is 18.1 Å². The van der Waals surface area contributed by atoms with Crippen LogP contribution in [0.15, 0.2) is 53.6 Å². The molecule has 25 heavy (non-hydrogen) atoms. The second kappa shape index (κ2) is 7.19. The minimum Gasteiger partial charge on any atom is -0.271 e. The van der Waals surface area contributed by atoms with E-state index in [2.05, 4.69) is 62.0 Å². The lowest BCUT2D eigenvalue weighted by Crippen LogP contribution is -2.33. The number of hydrazone groups is 1. The highest BCUT2D eigenvalue weighted by atomic mass is 16.2.